The van der Waals surface area contributed by atoms with Gasteiger partial charge in [0.1, 0.15) is 18.3 Å². The van der Waals surface area contributed by atoms with Crippen LogP contribution in [0.1, 0.15) is 39.2 Å². The molecule has 2 aromatic carbocycles. The number of carbonyl (C=O) groups excluding carboxylic acids is 2. The van der Waals surface area contributed by atoms with Gasteiger partial charge in [-0.15, -0.1) is 0 Å². The van der Waals surface area contributed by atoms with E-state index in [4.69, 9.17) is 4.74 Å². The molecule has 0 saturated carbocycles. The van der Waals surface area contributed by atoms with Gasteiger partial charge >= 0.3 is 0 Å². The van der Waals surface area contributed by atoms with Crippen LogP contribution in [0, 0.1) is 0 Å². The second kappa shape index (κ2) is 13.5. The molecule has 2 rings (SSSR count). The topological polar surface area (TPSA) is 96.0 Å². The molecule has 0 heterocycles. The Kier molecular flexibility index (Phi) is 11.0. The van der Waals surface area contributed by atoms with E-state index in [2.05, 4.69) is 21.2 Å². The van der Waals surface area contributed by atoms with Crippen LogP contribution >= 0.6 is 15.9 Å². The van der Waals surface area contributed by atoms with Crippen molar-refractivity contribution in [1.29, 1.82) is 0 Å². The maximum Gasteiger partial charge on any atom is 0.244 e. The summed E-state index contributed by atoms with van der Waals surface area (Å²) in [5, 5.41) is 2.86. The third kappa shape index (κ3) is 8.54. The van der Waals surface area contributed by atoms with Crippen LogP contribution in [-0.2, 0) is 26.2 Å². The normalized spacial score (nSPS) is 12.0. The molecule has 0 unspecified atom stereocenters. The van der Waals surface area contributed by atoms with Gasteiger partial charge in [0, 0.05) is 17.6 Å². The molecule has 0 fully saturated rings. The third-order valence-electron chi connectivity index (χ3n) is 5.35. The van der Waals surface area contributed by atoms with Crippen molar-refractivity contribution in [1.82, 2.24) is 10.2 Å². The molecule has 1 atom stereocenters. The Morgan fingerprint density at radius 3 is 2.46 bits per heavy atom. The first-order valence-electron chi connectivity index (χ1n) is 11.6. The van der Waals surface area contributed by atoms with Crippen molar-refractivity contribution in [3.05, 3.63) is 58.6 Å². The Morgan fingerprint density at radius 2 is 1.83 bits per heavy atom. The number of amides is 2. The van der Waals surface area contributed by atoms with Gasteiger partial charge < -0.3 is 15.0 Å². The summed E-state index contributed by atoms with van der Waals surface area (Å²) in [7, 11) is -3.83. The van der Waals surface area contributed by atoms with Gasteiger partial charge in [-0.3, -0.25) is 13.9 Å². The molecule has 0 aromatic heterocycles. The summed E-state index contributed by atoms with van der Waals surface area (Å²) in [4.78, 5) is 27.8. The summed E-state index contributed by atoms with van der Waals surface area (Å²) in [6.07, 6.45) is 2.80. The van der Waals surface area contributed by atoms with Gasteiger partial charge in [-0.1, -0.05) is 53.5 Å². The van der Waals surface area contributed by atoms with Crippen molar-refractivity contribution < 1.29 is 22.7 Å². The average molecular weight is 569 g/mol. The van der Waals surface area contributed by atoms with E-state index in [9.17, 15) is 18.0 Å². The van der Waals surface area contributed by atoms with Crippen molar-refractivity contribution in [2.24, 2.45) is 0 Å². The Bertz CT molecular complexity index is 1110. The number of unbranched alkanes of at least 4 members (excludes halogenated alkanes) is 1. The summed E-state index contributed by atoms with van der Waals surface area (Å²) in [6, 6.07) is 13.3. The number of nitrogens with zero attached hydrogens (tertiary/aromatic N) is 2. The van der Waals surface area contributed by atoms with Crippen molar-refractivity contribution in [3.8, 4) is 5.75 Å². The van der Waals surface area contributed by atoms with Crippen LogP contribution in [0.3, 0.4) is 0 Å². The van der Waals surface area contributed by atoms with Crippen molar-refractivity contribution >= 4 is 43.5 Å². The largest absolute Gasteiger partial charge is 0.492 e. The molecule has 10 heteroatoms. The van der Waals surface area contributed by atoms with Crippen molar-refractivity contribution in [2.75, 3.05) is 30.3 Å². The number of halogens is 1. The Balaban J connectivity index is 2.39. The van der Waals surface area contributed by atoms with Gasteiger partial charge in [-0.2, -0.15) is 0 Å². The zero-order chi connectivity index (χ0) is 26.0. The van der Waals surface area contributed by atoms with E-state index in [0.29, 0.717) is 18.9 Å². The predicted octanol–water partition coefficient (Wildman–Crippen LogP) is 3.95. The van der Waals surface area contributed by atoms with Crippen LogP contribution in [0.4, 0.5) is 5.69 Å². The van der Waals surface area contributed by atoms with E-state index in [1.54, 1.807) is 38.1 Å². The molecule has 2 aromatic rings. The minimum atomic E-state index is -3.83. The molecule has 0 bridgehead atoms. The zero-order valence-corrected chi connectivity index (χ0v) is 23.1. The molecular weight excluding hydrogens is 534 g/mol. The average Bonchev–Trinajstić information content (AvgIpc) is 2.80. The van der Waals surface area contributed by atoms with Crippen LogP contribution in [-0.4, -0.2) is 57.1 Å². The lowest BCUT2D eigenvalue weighted by atomic mass is 10.1. The van der Waals surface area contributed by atoms with Crippen LogP contribution in [0.15, 0.2) is 53.0 Å². The lowest BCUT2D eigenvalue weighted by molar-refractivity contribution is -0.139. The summed E-state index contributed by atoms with van der Waals surface area (Å²) in [6.45, 7) is 6.00. The lowest BCUT2D eigenvalue weighted by Gasteiger charge is -2.32. The third-order valence-corrected chi connectivity index (χ3v) is 6.97. The van der Waals surface area contributed by atoms with E-state index in [0.717, 1.165) is 33.4 Å². The van der Waals surface area contributed by atoms with Gasteiger partial charge in [-0.05, 0) is 50.1 Å². The molecular formula is C25H34BrN3O5S. The molecule has 1 N–H and O–H groups in total. The van der Waals surface area contributed by atoms with Crippen LogP contribution in [0.25, 0.3) is 0 Å². The van der Waals surface area contributed by atoms with Gasteiger partial charge in [0.15, 0.2) is 0 Å². The Hall–Kier alpha value is -2.59. The molecule has 0 saturated heterocycles. The summed E-state index contributed by atoms with van der Waals surface area (Å²) in [5.41, 5.74) is 1.08. The summed E-state index contributed by atoms with van der Waals surface area (Å²) >= 11 is 3.43. The summed E-state index contributed by atoms with van der Waals surface area (Å²) in [5.74, 6) is -0.431. The molecule has 0 aliphatic heterocycles. The molecule has 0 aliphatic carbocycles. The zero-order valence-electron chi connectivity index (χ0n) is 20.7. The van der Waals surface area contributed by atoms with Crippen molar-refractivity contribution in [3.63, 3.8) is 0 Å². The van der Waals surface area contributed by atoms with Gasteiger partial charge in [0.2, 0.25) is 21.8 Å². The minimum absolute atomic E-state index is 0.144. The van der Waals surface area contributed by atoms with E-state index in [1.807, 2.05) is 31.2 Å². The number of benzene rings is 2. The minimum Gasteiger partial charge on any atom is -0.492 e. The van der Waals surface area contributed by atoms with E-state index < -0.39 is 28.5 Å². The first kappa shape index (κ1) is 28.6. The molecule has 2 amide bonds. The highest BCUT2D eigenvalue weighted by Gasteiger charge is 2.31. The maximum atomic E-state index is 13.6. The lowest BCUT2D eigenvalue weighted by Crippen LogP contribution is -2.51. The summed E-state index contributed by atoms with van der Waals surface area (Å²) < 4.78 is 33.0. The van der Waals surface area contributed by atoms with E-state index >= 15 is 0 Å². The van der Waals surface area contributed by atoms with Crippen LogP contribution in [0.2, 0.25) is 0 Å². The number of carbonyl (C=O) groups is 2. The maximum absolute atomic E-state index is 13.6. The van der Waals surface area contributed by atoms with Gasteiger partial charge in [0.25, 0.3) is 0 Å². The molecule has 0 aliphatic rings. The van der Waals surface area contributed by atoms with Crippen LogP contribution < -0.4 is 14.4 Å². The fourth-order valence-corrected chi connectivity index (χ4v) is 4.79. The number of para-hydroxylation sites is 2. The number of rotatable bonds is 13. The van der Waals surface area contributed by atoms with Crippen LogP contribution in [0.5, 0.6) is 5.75 Å². The fraction of sp³-hybridized carbons (Fsp3) is 0.440. The smallest absolute Gasteiger partial charge is 0.244 e. The Morgan fingerprint density at radius 1 is 1.11 bits per heavy atom. The number of sulfonamides is 1. The quantitative estimate of drug-likeness (QED) is 0.370. The number of hydrogen-bond donors (Lipinski definition) is 1. The monoisotopic (exact) mass is 567 g/mol. The highest BCUT2D eigenvalue weighted by molar-refractivity contribution is 9.10. The SMILES string of the molecule is CCCCNC(=O)[C@H](C)N(Cc1cccc(Br)c1)C(=O)CN(c1ccccc1OCC)S(C)(=O)=O. The molecule has 0 radical (unpaired) electrons. The first-order valence-corrected chi connectivity index (χ1v) is 14.2. The molecule has 192 valence electrons. The number of anilines is 1. The van der Waals surface area contributed by atoms with Gasteiger partial charge in [-0.25, -0.2) is 8.42 Å². The molecule has 8 nitrogen and oxygen atoms in total. The second-order valence-electron chi connectivity index (χ2n) is 8.14. The standard InChI is InChI=1S/C25H34BrN3O5S/c1-5-7-15-27-25(31)19(3)28(17-20-11-10-12-21(26)16-20)24(30)18-29(35(4,32)33)22-13-8-9-14-23(22)34-6-2/h8-14,16,19H,5-7,15,17-18H2,1-4H3,(H,27,31)/t19-/m0/s1. The molecule has 35 heavy (non-hydrogen) atoms. The highest BCUT2D eigenvalue weighted by atomic mass is 79.9. The number of nitrogens with one attached hydrogen (secondary N) is 1. The number of ether oxygens (including phenoxy) is 1. The van der Waals surface area contributed by atoms with E-state index in [1.165, 1.54) is 4.90 Å². The second-order valence-corrected chi connectivity index (χ2v) is 11.0. The Labute approximate surface area is 216 Å². The first-order chi connectivity index (χ1) is 16.6. The predicted molar refractivity (Wildman–Crippen MR) is 142 cm³/mol. The van der Waals surface area contributed by atoms with Gasteiger partial charge in [0.05, 0.1) is 18.6 Å². The fourth-order valence-electron chi connectivity index (χ4n) is 3.49. The highest BCUT2D eigenvalue weighted by Crippen LogP contribution is 2.30. The molecule has 0 spiro atoms. The van der Waals surface area contributed by atoms with E-state index in [-0.39, 0.29) is 18.1 Å². The number of hydrogen-bond acceptors (Lipinski definition) is 5. The van der Waals surface area contributed by atoms with Crippen molar-refractivity contribution in [2.45, 2.75) is 46.2 Å².